The third-order valence-corrected chi connectivity index (χ3v) is 4.00. The Morgan fingerprint density at radius 1 is 1.33 bits per heavy atom. The molecule has 0 aromatic heterocycles. The number of methoxy groups -OCH3 is 1. The van der Waals surface area contributed by atoms with Gasteiger partial charge in [0.05, 0.1) is 12.7 Å². The Morgan fingerprint density at radius 2 is 2.06 bits per heavy atom. The lowest BCUT2D eigenvalue weighted by molar-refractivity contribution is 0.0904. The first-order valence-electron chi connectivity index (χ1n) is 6.45. The van der Waals surface area contributed by atoms with E-state index in [-0.39, 0.29) is 11.7 Å². The van der Waals surface area contributed by atoms with Crippen LogP contribution >= 0.6 is 0 Å². The van der Waals surface area contributed by atoms with Gasteiger partial charge in [0.15, 0.2) is 5.78 Å². The van der Waals surface area contributed by atoms with E-state index in [4.69, 9.17) is 4.74 Å². The van der Waals surface area contributed by atoms with E-state index in [0.717, 1.165) is 35.5 Å². The molecule has 0 saturated carbocycles. The zero-order valence-electron chi connectivity index (χ0n) is 11.5. The molecule has 1 aliphatic heterocycles. The fraction of sp³-hybridized carbons (Fsp3) is 0.533. The Balaban J connectivity index is 2.39. The normalized spacial score (nSPS) is 23.1. The molecule has 1 aliphatic rings. The highest BCUT2D eigenvalue weighted by molar-refractivity contribution is 6.01. The number of Topliss-reactive ketones (excluding diaryl/α,β-unsaturated/α-hetero) is 1. The van der Waals surface area contributed by atoms with Gasteiger partial charge in [0.25, 0.3) is 0 Å². The molecular weight excluding hydrogens is 226 g/mol. The van der Waals surface area contributed by atoms with Crippen molar-refractivity contribution in [2.24, 2.45) is 11.8 Å². The van der Waals surface area contributed by atoms with Crippen LogP contribution in [0.4, 0.5) is 0 Å². The fourth-order valence-electron chi connectivity index (χ4n) is 2.61. The van der Waals surface area contributed by atoms with Crippen molar-refractivity contribution in [3.63, 3.8) is 0 Å². The minimum atomic E-state index is 0.0704. The number of ether oxygens (including phenoxy) is 1. The molecule has 2 unspecified atom stereocenters. The smallest absolute Gasteiger partial charge is 0.171 e. The zero-order chi connectivity index (χ0) is 13.3. The van der Waals surface area contributed by atoms with Gasteiger partial charge in [-0.25, -0.2) is 0 Å². The van der Waals surface area contributed by atoms with Crippen molar-refractivity contribution in [1.29, 1.82) is 0 Å². The molecule has 0 radical (unpaired) electrons. The highest BCUT2D eigenvalue weighted by atomic mass is 16.5. The summed E-state index contributed by atoms with van der Waals surface area (Å²) in [5.74, 6) is 1.40. The number of nitrogens with one attached hydrogen (secondary N) is 1. The summed E-state index contributed by atoms with van der Waals surface area (Å²) in [5.41, 5.74) is 2.93. The number of carbonyl (C=O) groups excluding carboxylic acids is 1. The Labute approximate surface area is 109 Å². The average molecular weight is 247 g/mol. The fourth-order valence-corrected chi connectivity index (χ4v) is 2.61. The molecule has 98 valence electrons. The van der Waals surface area contributed by atoms with Gasteiger partial charge in [0, 0.05) is 12.5 Å². The number of carbonyl (C=O) groups is 1. The first-order chi connectivity index (χ1) is 8.56. The summed E-state index contributed by atoms with van der Waals surface area (Å²) < 4.78 is 5.43. The van der Waals surface area contributed by atoms with Crippen LogP contribution in [0.3, 0.4) is 0 Å². The minimum Gasteiger partial charge on any atom is -0.496 e. The lowest BCUT2D eigenvalue weighted by Crippen LogP contribution is -2.22. The van der Waals surface area contributed by atoms with Crippen molar-refractivity contribution in [2.75, 3.05) is 20.2 Å². The molecule has 3 heteroatoms. The number of hydrogen-bond donors (Lipinski definition) is 1. The maximum atomic E-state index is 12.6. The molecule has 0 spiro atoms. The highest BCUT2D eigenvalue weighted by Gasteiger charge is 2.32. The van der Waals surface area contributed by atoms with Crippen molar-refractivity contribution in [3.8, 4) is 5.75 Å². The molecule has 18 heavy (non-hydrogen) atoms. The molecule has 0 amide bonds. The lowest BCUT2D eigenvalue weighted by Gasteiger charge is -2.17. The third kappa shape index (κ3) is 2.15. The van der Waals surface area contributed by atoms with Gasteiger partial charge in [0.1, 0.15) is 5.75 Å². The Kier molecular flexibility index (Phi) is 3.71. The molecule has 1 fully saturated rings. The maximum absolute atomic E-state index is 12.6. The standard InChI is InChI=1S/C15H21NO2/c1-9-5-6-12(15(18-4)11(9)3)14(17)13-8-16-7-10(13)2/h5-6,10,13,16H,7-8H2,1-4H3. The van der Waals surface area contributed by atoms with Crippen LogP contribution in [0, 0.1) is 25.7 Å². The van der Waals surface area contributed by atoms with Crippen LogP contribution in [-0.2, 0) is 0 Å². The Bertz CT molecular complexity index is 468. The van der Waals surface area contributed by atoms with Gasteiger partial charge in [-0.15, -0.1) is 0 Å². The molecule has 1 aromatic rings. The van der Waals surface area contributed by atoms with Gasteiger partial charge in [-0.05, 0) is 43.5 Å². The van der Waals surface area contributed by atoms with Gasteiger partial charge in [-0.3, -0.25) is 4.79 Å². The summed E-state index contributed by atoms with van der Waals surface area (Å²) in [6, 6.07) is 3.90. The second-order valence-corrected chi connectivity index (χ2v) is 5.19. The maximum Gasteiger partial charge on any atom is 0.171 e. The molecule has 0 aliphatic carbocycles. The van der Waals surface area contributed by atoms with E-state index in [1.54, 1.807) is 7.11 Å². The highest BCUT2D eigenvalue weighted by Crippen LogP contribution is 2.30. The van der Waals surface area contributed by atoms with Crippen LogP contribution in [0.5, 0.6) is 5.75 Å². The van der Waals surface area contributed by atoms with E-state index in [0.29, 0.717) is 5.92 Å². The minimum absolute atomic E-state index is 0.0704. The van der Waals surface area contributed by atoms with E-state index in [9.17, 15) is 4.79 Å². The van der Waals surface area contributed by atoms with Crippen molar-refractivity contribution in [3.05, 3.63) is 28.8 Å². The van der Waals surface area contributed by atoms with Gasteiger partial charge in [-0.2, -0.15) is 0 Å². The number of hydrogen-bond acceptors (Lipinski definition) is 3. The molecule has 1 heterocycles. The monoisotopic (exact) mass is 247 g/mol. The van der Waals surface area contributed by atoms with Gasteiger partial charge >= 0.3 is 0 Å². The summed E-state index contributed by atoms with van der Waals surface area (Å²) in [6.45, 7) is 7.85. The summed E-state index contributed by atoms with van der Waals surface area (Å²) in [4.78, 5) is 12.6. The molecule has 2 atom stereocenters. The topological polar surface area (TPSA) is 38.3 Å². The van der Waals surface area contributed by atoms with Crippen molar-refractivity contribution >= 4 is 5.78 Å². The van der Waals surface area contributed by atoms with Crippen molar-refractivity contribution < 1.29 is 9.53 Å². The molecule has 1 saturated heterocycles. The van der Waals surface area contributed by atoms with E-state index in [1.807, 2.05) is 26.0 Å². The second-order valence-electron chi connectivity index (χ2n) is 5.19. The number of ketones is 1. The summed E-state index contributed by atoms with van der Waals surface area (Å²) in [6.07, 6.45) is 0. The van der Waals surface area contributed by atoms with Gasteiger partial charge in [0.2, 0.25) is 0 Å². The summed E-state index contributed by atoms with van der Waals surface area (Å²) in [7, 11) is 1.63. The zero-order valence-corrected chi connectivity index (χ0v) is 11.5. The van der Waals surface area contributed by atoms with E-state index in [2.05, 4.69) is 12.2 Å². The van der Waals surface area contributed by atoms with E-state index >= 15 is 0 Å². The summed E-state index contributed by atoms with van der Waals surface area (Å²) >= 11 is 0. The quantitative estimate of drug-likeness (QED) is 0.833. The van der Waals surface area contributed by atoms with Crippen LogP contribution in [0.1, 0.15) is 28.4 Å². The molecular formula is C15H21NO2. The second kappa shape index (κ2) is 5.11. The molecule has 3 nitrogen and oxygen atoms in total. The third-order valence-electron chi connectivity index (χ3n) is 4.00. The van der Waals surface area contributed by atoms with Crippen LogP contribution in [0.2, 0.25) is 0 Å². The predicted molar refractivity (Wildman–Crippen MR) is 72.3 cm³/mol. The van der Waals surface area contributed by atoms with Crippen LogP contribution in [-0.4, -0.2) is 26.0 Å². The van der Waals surface area contributed by atoms with Crippen molar-refractivity contribution in [2.45, 2.75) is 20.8 Å². The largest absolute Gasteiger partial charge is 0.496 e. The number of aryl methyl sites for hydroxylation is 1. The Hall–Kier alpha value is -1.35. The molecule has 2 rings (SSSR count). The van der Waals surface area contributed by atoms with Crippen LogP contribution < -0.4 is 10.1 Å². The number of benzene rings is 1. The first kappa shape index (κ1) is 13.1. The number of rotatable bonds is 3. The molecule has 1 N–H and O–H groups in total. The predicted octanol–water partition coefficient (Wildman–Crippen LogP) is 2.35. The molecule has 0 bridgehead atoms. The summed E-state index contributed by atoms with van der Waals surface area (Å²) in [5, 5.41) is 3.27. The first-order valence-corrected chi connectivity index (χ1v) is 6.45. The lowest BCUT2D eigenvalue weighted by atomic mass is 9.88. The van der Waals surface area contributed by atoms with Crippen LogP contribution in [0.15, 0.2) is 12.1 Å². The average Bonchev–Trinajstić information content (AvgIpc) is 2.78. The van der Waals surface area contributed by atoms with Gasteiger partial charge in [-0.1, -0.05) is 13.0 Å². The van der Waals surface area contributed by atoms with E-state index in [1.165, 1.54) is 0 Å². The SMILES string of the molecule is COc1c(C(=O)C2CNCC2C)ccc(C)c1C. The van der Waals surface area contributed by atoms with Crippen molar-refractivity contribution in [1.82, 2.24) is 5.32 Å². The molecule has 1 aromatic carbocycles. The van der Waals surface area contributed by atoms with Crippen LogP contribution in [0.25, 0.3) is 0 Å². The van der Waals surface area contributed by atoms with E-state index < -0.39 is 0 Å². The van der Waals surface area contributed by atoms with Gasteiger partial charge < -0.3 is 10.1 Å². The Morgan fingerprint density at radius 3 is 2.61 bits per heavy atom.